The summed E-state index contributed by atoms with van der Waals surface area (Å²) in [7, 11) is 0. The number of aromatic amines is 1. The maximum absolute atomic E-state index is 12.1. The molecule has 0 saturated heterocycles. The monoisotopic (exact) mass is 272 g/mol. The van der Waals surface area contributed by atoms with Crippen LogP contribution in [0.25, 0.3) is 0 Å². The van der Waals surface area contributed by atoms with Crippen molar-refractivity contribution in [1.29, 1.82) is 0 Å². The third kappa shape index (κ3) is 2.71. The van der Waals surface area contributed by atoms with Crippen LogP contribution in [0, 0.1) is 20.8 Å². The van der Waals surface area contributed by atoms with Crippen molar-refractivity contribution < 1.29 is 9.90 Å². The van der Waals surface area contributed by atoms with E-state index in [2.05, 4.69) is 10.3 Å². The normalized spacial score (nSPS) is 10.3. The lowest BCUT2D eigenvalue weighted by Gasteiger charge is -2.13. The average Bonchev–Trinajstić information content (AvgIpc) is 2.33. The van der Waals surface area contributed by atoms with E-state index >= 15 is 0 Å². The molecule has 3 N–H and O–H groups in total. The zero-order chi connectivity index (χ0) is 14.9. The molecular weight excluding hydrogens is 256 g/mol. The number of aromatic nitrogens is 1. The second-order valence-electron chi connectivity index (χ2n) is 4.82. The molecule has 5 heteroatoms. The molecule has 1 heterocycles. The number of anilines is 1. The van der Waals surface area contributed by atoms with Gasteiger partial charge in [-0.15, -0.1) is 0 Å². The molecule has 1 aromatic carbocycles. The molecule has 104 valence electrons. The summed E-state index contributed by atoms with van der Waals surface area (Å²) in [5, 5.41) is 12.4. The van der Waals surface area contributed by atoms with Crippen molar-refractivity contribution in [3.05, 3.63) is 57.0 Å². The molecule has 2 rings (SSSR count). The molecule has 0 aliphatic carbocycles. The Hall–Kier alpha value is -2.56. The van der Waals surface area contributed by atoms with E-state index in [4.69, 9.17) is 0 Å². The van der Waals surface area contributed by atoms with Crippen LogP contribution in [0.5, 0.6) is 5.75 Å². The fraction of sp³-hybridized carbons (Fsp3) is 0.200. The predicted octanol–water partition coefficient (Wildman–Crippen LogP) is 2.26. The molecule has 0 unspecified atom stereocenters. The first kappa shape index (κ1) is 13.9. The summed E-state index contributed by atoms with van der Waals surface area (Å²) in [4.78, 5) is 25.5. The minimum absolute atomic E-state index is 0.0315. The number of hydrogen-bond acceptors (Lipinski definition) is 3. The first-order valence-electron chi connectivity index (χ1n) is 6.19. The fourth-order valence-electron chi connectivity index (χ4n) is 2.20. The molecule has 20 heavy (non-hydrogen) atoms. The Bertz CT molecular complexity index is 709. The fourth-order valence-corrected chi connectivity index (χ4v) is 2.20. The molecule has 0 aliphatic rings. The molecule has 0 saturated carbocycles. The van der Waals surface area contributed by atoms with Crippen molar-refractivity contribution in [3.63, 3.8) is 0 Å². The van der Waals surface area contributed by atoms with E-state index in [1.54, 1.807) is 0 Å². The summed E-state index contributed by atoms with van der Waals surface area (Å²) in [6, 6.07) is 4.91. The number of aryl methyl sites for hydroxylation is 3. The number of pyridine rings is 1. The lowest BCUT2D eigenvalue weighted by Crippen LogP contribution is -2.16. The van der Waals surface area contributed by atoms with Crippen molar-refractivity contribution >= 4 is 11.6 Å². The molecule has 0 spiro atoms. The Morgan fingerprint density at radius 3 is 2.30 bits per heavy atom. The molecule has 1 amide bonds. The van der Waals surface area contributed by atoms with Gasteiger partial charge in [-0.25, -0.2) is 0 Å². The van der Waals surface area contributed by atoms with Crippen molar-refractivity contribution in [3.8, 4) is 5.75 Å². The summed E-state index contributed by atoms with van der Waals surface area (Å²) in [5.74, 6) is -0.803. The minimum Gasteiger partial charge on any atom is -0.507 e. The maximum atomic E-state index is 12.1. The third-order valence-electron chi connectivity index (χ3n) is 3.06. The van der Waals surface area contributed by atoms with Gasteiger partial charge in [0.2, 0.25) is 0 Å². The topological polar surface area (TPSA) is 82.2 Å². The first-order valence-corrected chi connectivity index (χ1v) is 6.19. The van der Waals surface area contributed by atoms with Gasteiger partial charge in [-0.05, 0) is 31.9 Å². The van der Waals surface area contributed by atoms with Crippen molar-refractivity contribution in [2.75, 3.05) is 5.32 Å². The minimum atomic E-state index is -0.464. The number of aromatic hydroxyl groups is 1. The quantitative estimate of drug-likeness (QED) is 0.784. The summed E-state index contributed by atoms with van der Waals surface area (Å²) >= 11 is 0. The standard InChI is InChI=1S/C15H16N2O3/c1-8-4-9(2)14(10(3)5-8)17-15(20)11-7-16-13(19)6-12(11)18/h4-7H,1-3H3,(H,17,20)(H2,16,18,19). The highest BCUT2D eigenvalue weighted by Gasteiger charge is 2.14. The highest BCUT2D eigenvalue weighted by molar-refractivity contribution is 6.06. The smallest absolute Gasteiger partial charge is 0.260 e. The van der Waals surface area contributed by atoms with Crippen LogP contribution in [-0.4, -0.2) is 16.0 Å². The Kier molecular flexibility index (Phi) is 3.61. The van der Waals surface area contributed by atoms with Gasteiger partial charge in [0.15, 0.2) is 0 Å². The zero-order valence-electron chi connectivity index (χ0n) is 11.6. The highest BCUT2D eigenvalue weighted by Crippen LogP contribution is 2.23. The van der Waals surface area contributed by atoms with Crippen LogP contribution in [0.4, 0.5) is 5.69 Å². The summed E-state index contributed by atoms with van der Waals surface area (Å²) in [6.07, 6.45) is 1.20. The summed E-state index contributed by atoms with van der Waals surface area (Å²) in [6.45, 7) is 5.80. The van der Waals surface area contributed by atoms with Crippen LogP contribution < -0.4 is 10.9 Å². The van der Waals surface area contributed by atoms with Crippen LogP contribution in [-0.2, 0) is 0 Å². The van der Waals surface area contributed by atoms with Crippen LogP contribution in [0.15, 0.2) is 29.2 Å². The van der Waals surface area contributed by atoms with Gasteiger partial charge in [-0.1, -0.05) is 17.7 Å². The van der Waals surface area contributed by atoms with Crippen LogP contribution in [0.2, 0.25) is 0 Å². The van der Waals surface area contributed by atoms with E-state index in [1.807, 2.05) is 32.9 Å². The average molecular weight is 272 g/mol. The summed E-state index contributed by atoms with van der Waals surface area (Å²) in [5.41, 5.74) is 3.29. The van der Waals surface area contributed by atoms with Gasteiger partial charge in [0, 0.05) is 18.0 Å². The van der Waals surface area contributed by atoms with Gasteiger partial charge < -0.3 is 15.4 Å². The number of hydrogen-bond donors (Lipinski definition) is 3. The van der Waals surface area contributed by atoms with E-state index in [9.17, 15) is 14.7 Å². The predicted molar refractivity (Wildman–Crippen MR) is 77.3 cm³/mol. The molecule has 1 aromatic heterocycles. The molecule has 0 bridgehead atoms. The van der Waals surface area contributed by atoms with Gasteiger partial charge in [-0.3, -0.25) is 9.59 Å². The van der Waals surface area contributed by atoms with Gasteiger partial charge >= 0.3 is 0 Å². The lowest BCUT2D eigenvalue weighted by atomic mass is 10.0. The van der Waals surface area contributed by atoms with E-state index in [0.29, 0.717) is 5.69 Å². The van der Waals surface area contributed by atoms with Crippen LogP contribution in [0.3, 0.4) is 0 Å². The van der Waals surface area contributed by atoms with Gasteiger partial charge in [0.05, 0.1) is 5.56 Å². The van der Waals surface area contributed by atoms with E-state index < -0.39 is 11.5 Å². The van der Waals surface area contributed by atoms with Gasteiger partial charge in [0.1, 0.15) is 5.75 Å². The van der Waals surface area contributed by atoms with E-state index in [1.165, 1.54) is 6.20 Å². The number of rotatable bonds is 2. The molecule has 2 aromatic rings. The van der Waals surface area contributed by atoms with E-state index in [0.717, 1.165) is 22.8 Å². The Labute approximate surface area is 116 Å². The second kappa shape index (κ2) is 5.21. The first-order chi connectivity index (χ1) is 9.38. The largest absolute Gasteiger partial charge is 0.507 e. The Morgan fingerprint density at radius 2 is 1.75 bits per heavy atom. The number of H-pyrrole nitrogens is 1. The van der Waals surface area contributed by atoms with Gasteiger partial charge in [0.25, 0.3) is 11.5 Å². The number of amides is 1. The molecule has 5 nitrogen and oxygen atoms in total. The van der Waals surface area contributed by atoms with E-state index in [-0.39, 0.29) is 11.3 Å². The molecule has 0 fully saturated rings. The van der Waals surface area contributed by atoms with Crippen LogP contribution in [0.1, 0.15) is 27.0 Å². The van der Waals surface area contributed by atoms with Crippen molar-refractivity contribution in [2.45, 2.75) is 20.8 Å². The molecule has 0 atom stereocenters. The number of carbonyl (C=O) groups excluding carboxylic acids is 1. The van der Waals surface area contributed by atoms with Crippen LogP contribution >= 0.6 is 0 Å². The molecule has 0 radical (unpaired) electrons. The number of carbonyl (C=O) groups is 1. The Morgan fingerprint density at radius 1 is 1.15 bits per heavy atom. The summed E-state index contributed by atoms with van der Waals surface area (Å²) < 4.78 is 0. The zero-order valence-corrected chi connectivity index (χ0v) is 11.6. The second-order valence-corrected chi connectivity index (χ2v) is 4.82. The number of benzene rings is 1. The van der Waals surface area contributed by atoms with Crippen molar-refractivity contribution in [2.24, 2.45) is 0 Å². The SMILES string of the molecule is Cc1cc(C)c(NC(=O)c2c[nH]c(=O)cc2O)c(C)c1. The molecule has 0 aliphatic heterocycles. The molecular formula is C15H16N2O3. The maximum Gasteiger partial charge on any atom is 0.260 e. The number of nitrogens with one attached hydrogen (secondary N) is 2. The lowest BCUT2D eigenvalue weighted by molar-refractivity contribution is 0.102. The van der Waals surface area contributed by atoms with Gasteiger partial charge in [-0.2, -0.15) is 0 Å². The third-order valence-corrected chi connectivity index (χ3v) is 3.06. The van der Waals surface area contributed by atoms with Crippen molar-refractivity contribution in [1.82, 2.24) is 4.98 Å². The Balaban J connectivity index is 2.35. The highest BCUT2D eigenvalue weighted by atomic mass is 16.3.